The number of nitrogens with zero attached hydrogens (tertiary/aromatic N) is 2. The third-order valence-corrected chi connectivity index (χ3v) is 4.20. The van der Waals surface area contributed by atoms with Crippen molar-refractivity contribution in [2.45, 2.75) is 50.3 Å². The van der Waals surface area contributed by atoms with E-state index < -0.39 is 5.60 Å². The van der Waals surface area contributed by atoms with Crippen LogP contribution in [-0.2, 0) is 6.42 Å². The predicted octanol–water partition coefficient (Wildman–Crippen LogP) is 1.19. The molecule has 1 saturated heterocycles. The molecule has 1 aromatic heterocycles. The van der Waals surface area contributed by atoms with Gasteiger partial charge in [-0.25, -0.2) is 0 Å². The lowest BCUT2D eigenvalue weighted by atomic mass is 9.92. The van der Waals surface area contributed by atoms with E-state index in [1.165, 1.54) is 12.8 Å². The zero-order valence-electron chi connectivity index (χ0n) is 10.8. The molecule has 0 spiro atoms. The average molecular weight is 247 g/mol. The molecule has 1 aliphatic heterocycles. The predicted molar refractivity (Wildman–Crippen MR) is 71.1 cm³/mol. The Morgan fingerprint density at radius 2 is 2.33 bits per heavy atom. The first-order valence-corrected chi connectivity index (χ1v) is 6.74. The average Bonchev–Trinajstić information content (AvgIpc) is 3.09. The molecule has 0 bridgehead atoms. The van der Waals surface area contributed by atoms with Crippen LogP contribution in [0.4, 0.5) is 5.69 Å². The maximum absolute atomic E-state index is 10.8. The lowest BCUT2D eigenvalue weighted by molar-refractivity contribution is 0.0487. The minimum absolute atomic E-state index is 0.473. The van der Waals surface area contributed by atoms with Gasteiger partial charge in [-0.1, -0.05) is 0 Å². The molecule has 2 aliphatic rings. The molecule has 3 N–H and O–H groups in total. The molecule has 0 radical (unpaired) electrons. The molecule has 2 unspecified atom stereocenters. The van der Waals surface area contributed by atoms with E-state index in [1.54, 1.807) is 18.5 Å². The highest BCUT2D eigenvalue weighted by molar-refractivity contribution is 5.45. The molecule has 1 aliphatic carbocycles. The van der Waals surface area contributed by atoms with Gasteiger partial charge < -0.3 is 10.8 Å². The zero-order chi connectivity index (χ0) is 12.8. The van der Waals surface area contributed by atoms with E-state index in [4.69, 9.17) is 5.73 Å². The van der Waals surface area contributed by atoms with Crippen LogP contribution in [0, 0.1) is 0 Å². The van der Waals surface area contributed by atoms with Crippen molar-refractivity contribution < 1.29 is 5.11 Å². The minimum atomic E-state index is -0.640. The number of nitrogen functional groups attached to an aromatic ring is 1. The van der Waals surface area contributed by atoms with Crippen LogP contribution in [0.2, 0.25) is 0 Å². The maximum atomic E-state index is 10.8. The van der Waals surface area contributed by atoms with Crippen LogP contribution in [0.1, 0.15) is 31.7 Å². The molecule has 2 fully saturated rings. The summed E-state index contributed by atoms with van der Waals surface area (Å²) in [5, 5.41) is 10.8. The molecule has 98 valence electrons. The molecule has 1 saturated carbocycles. The van der Waals surface area contributed by atoms with Gasteiger partial charge in [0.2, 0.25) is 0 Å². The Bertz CT molecular complexity index is 446. The number of anilines is 1. The van der Waals surface area contributed by atoms with Crippen molar-refractivity contribution in [3.8, 4) is 0 Å². The second-order valence-electron chi connectivity index (χ2n) is 5.93. The molecule has 0 aromatic carbocycles. The van der Waals surface area contributed by atoms with Gasteiger partial charge in [0.1, 0.15) is 0 Å². The maximum Gasteiger partial charge on any atom is 0.0830 e. The fraction of sp³-hybridized carbons (Fsp3) is 0.643. The summed E-state index contributed by atoms with van der Waals surface area (Å²) < 4.78 is 0. The van der Waals surface area contributed by atoms with Crippen molar-refractivity contribution in [1.29, 1.82) is 0 Å². The van der Waals surface area contributed by atoms with Crippen LogP contribution in [0.3, 0.4) is 0 Å². The highest BCUT2D eigenvalue weighted by Crippen LogP contribution is 2.38. The largest absolute Gasteiger partial charge is 0.398 e. The summed E-state index contributed by atoms with van der Waals surface area (Å²) in [6, 6.07) is 2.98. The Labute approximate surface area is 108 Å². The number of rotatable bonds is 3. The van der Waals surface area contributed by atoms with Crippen molar-refractivity contribution in [2.24, 2.45) is 0 Å². The Morgan fingerprint density at radius 1 is 1.56 bits per heavy atom. The van der Waals surface area contributed by atoms with E-state index in [1.807, 2.05) is 0 Å². The number of pyridine rings is 1. The van der Waals surface area contributed by atoms with Crippen LogP contribution >= 0.6 is 0 Å². The number of aromatic nitrogens is 1. The van der Waals surface area contributed by atoms with Crippen LogP contribution in [0.15, 0.2) is 18.5 Å². The topological polar surface area (TPSA) is 62.4 Å². The molecule has 18 heavy (non-hydrogen) atoms. The van der Waals surface area contributed by atoms with E-state index >= 15 is 0 Å². The number of hydrogen-bond donors (Lipinski definition) is 2. The first kappa shape index (κ1) is 11.9. The van der Waals surface area contributed by atoms with Gasteiger partial charge in [0.15, 0.2) is 0 Å². The van der Waals surface area contributed by atoms with Crippen LogP contribution in [0.25, 0.3) is 0 Å². The highest BCUT2D eigenvalue weighted by atomic mass is 16.3. The second kappa shape index (κ2) is 4.21. The summed E-state index contributed by atoms with van der Waals surface area (Å²) in [5.74, 6) is 0. The van der Waals surface area contributed by atoms with E-state index in [9.17, 15) is 5.11 Å². The van der Waals surface area contributed by atoms with Gasteiger partial charge in [-0.2, -0.15) is 0 Å². The summed E-state index contributed by atoms with van der Waals surface area (Å²) in [4.78, 5) is 6.55. The van der Waals surface area contributed by atoms with Gasteiger partial charge in [-0.3, -0.25) is 9.88 Å². The Hall–Kier alpha value is -1.13. The molecule has 2 heterocycles. The van der Waals surface area contributed by atoms with E-state index in [2.05, 4.69) is 16.8 Å². The number of aliphatic hydroxyl groups is 1. The fourth-order valence-electron chi connectivity index (χ4n) is 3.19. The third-order valence-electron chi connectivity index (χ3n) is 4.20. The van der Waals surface area contributed by atoms with E-state index in [-0.39, 0.29) is 0 Å². The first-order valence-electron chi connectivity index (χ1n) is 6.74. The molecular weight excluding hydrogens is 226 g/mol. The Balaban J connectivity index is 1.74. The SMILES string of the molecule is CC1CC(O)(Cc2cnccc2N)CN1C1CC1. The summed E-state index contributed by atoms with van der Waals surface area (Å²) in [6.45, 7) is 2.98. The van der Waals surface area contributed by atoms with Gasteiger partial charge in [0, 0.05) is 43.1 Å². The second-order valence-corrected chi connectivity index (χ2v) is 5.93. The zero-order valence-corrected chi connectivity index (χ0v) is 10.8. The molecule has 4 heteroatoms. The van der Waals surface area contributed by atoms with Crippen LogP contribution < -0.4 is 5.73 Å². The van der Waals surface area contributed by atoms with Crippen molar-refractivity contribution in [3.63, 3.8) is 0 Å². The van der Waals surface area contributed by atoms with Crippen LogP contribution in [-0.4, -0.2) is 39.2 Å². The number of nitrogens with two attached hydrogens (primary N) is 1. The van der Waals surface area contributed by atoms with Crippen molar-refractivity contribution in [2.75, 3.05) is 12.3 Å². The number of hydrogen-bond acceptors (Lipinski definition) is 4. The summed E-state index contributed by atoms with van der Waals surface area (Å²) in [6.07, 6.45) is 7.48. The Morgan fingerprint density at radius 3 is 3.00 bits per heavy atom. The lowest BCUT2D eigenvalue weighted by Crippen LogP contribution is -2.36. The van der Waals surface area contributed by atoms with E-state index in [0.717, 1.165) is 24.2 Å². The van der Waals surface area contributed by atoms with Crippen molar-refractivity contribution >= 4 is 5.69 Å². The smallest absolute Gasteiger partial charge is 0.0830 e. The van der Waals surface area contributed by atoms with Gasteiger partial charge in [-0.15, -0.1) is 0 Å². The molecule has 1 aromatic rings. The standard InChI is InChI=1S/C14H21N3O/c1-10-6-14(18,9-17(10)12-2-3-12)7-11-8-16-5-4-13(11)15/h4-5,8,10,12,18H,2-3,6-7,9H2,1H3,(H2,15,16). The quantitative estimate of drug-likeness (QED) is 0.842. The monoisotopic (exact) mass is 247 g/mol. The fourth-order valence-corrected chi connectivity index (χ4v) is 3.19. The third kappa shape index (κ3) is 2.22. The summed E-state index contributed by atoms with van der Waals surface area (Å²) >= 11 is 0. The van der Waals surface area contributed by atoms with Gasteiger partial charge in [0.05, 0.1) is 5.60 Å². The minimum Gasteiger partial charge on any atom is -0.398 e. The van der Waals surface area contributed by atoms with Crippen LogP contribution in [0.5, 0.6) is 0 Å². The van der Waals surface area contributed by atoms with Crippen molar-refractivity contribution in [3.05, 3.63) is 24.0 Å². The van der Waals surface area contributed by atoms with Gasteiger partial charge >= 0.3 is 0 Å². The first-order chi connectivity index (χ1) is 8.57. The molecule has 4 nitrogen and oxygen atoms in total. The number of β-amino-alcohol motifs (C(OH)–C–C–N with tert-alkyl or cyclic N) is 1. The molecule has 0 amide bonds. The van der Waals surface area contributed by atoms with Gasteiger partial charge in [-0.05, 0) is 37.8 Å². The Kier molecular flexibility index (Phi) is 2.79. The van der Waals surface area contributed by atoms with Gasteiger partial charge in [0.25, 0.3) is 0 Å². The lowest BCUT2D eigenvalue weighted by Gasteiger charge is -2.24. The summed E-state index contributed by atoms with van der Waals surface area (Å²) in [7, 11) is 0. The molecule has 2 atom stereocenters. The van der Waals surface area contributed by atoms with Crippen molar-refractivity contribution in [1.82, 2.24) is 9.88 Å². The number of likely N-dealkylation sites (tertiary alicyclic amines) is 1. The van der Waals surface area contributed by atoms with E-state index in [0.29, 0.717) is 18.5 Å². The highest BCUT2D eigenvalue weighted by Gasteiger charge is 2.46. The molecule has 3 rings (SSSR count). The molecular formula is C14H21N3O. The normalized spacial score (nSPS) is 32.9. The summed E-state index contributed by atoms with van der Waals surface area (Å²) in [5.41, 5.74) is 6.99.